The highest BCUT2D eigenvalue weighted by Gasteiger charge is 2.06. The molecule has 15 heavy (non-hydrogen) atoms. The second-order valence-corrected chi connectivity index (χ2v) is 5.04. The van der Waals surface area contributed by atoms with Crippen LogP contribution in [0.5, 0.6) is 0 Å². The summed E-state index contributed by atoms with van der Waals surface area (Å²) in [6.07, 6.45) is 0. The number of rotatable bonds is 1. The Labute approximate surface area is 111 Å². The minimum Gasteiger partial charge on any atom is -0.237 e. The van der Waals surface area contributed by atoms with Crippen LogP contribution in [-0.2, 0) is 0 Å². The number of hydrogen-bond acceptors (Lipinski definition) is 1. The van der Waals surface area contributed by atoms with Crippen LogP contribution in [0.1, 0.15) is 5.69 Å². The van der Waals surface area contributed by atoms with Crippen molar-refractivity contribution in [2.24, 2.45) is 0 Å². The molecule has 0 aliphatic rings. The Balaban J connectivity index is 2.54. The van der Waals surface area contributed by atoms with Crippen LogP contribution in [0.4, 0.5) is 0 Å². The number of nitrogens with zero attached hydrogens (tertiary/aromatic N) is 2. The van der Waals surface area contributed by atoms with E-state index in [1.54, 1.807) is 12.1 Å². The first-order chi connectivity index (χ1) is 7.08. The molecule has 0 aliphatic heterocycles. The summed E-state index contributed by atoms with van der Waals surface area (Å²) >= 11 is 14.0. The van der Waals surface area contributed by atoms with Crippen molar-refractivity contribution < 1.29 is 0 Å². The van der Waals surface area contributed by atoms with Gasteiger partial charge in [0.25, 0.3) is 0 Å². The molecule has 1 aromatic heterocycles. The Hall–Kier alpha value is -0.260. The summed E-state index contributed by atoms with van der Waals surface area (Å²) < 4.78 is 2.79. The van der Waals surface area contributed by atoms with Crippen molar-refractivity contribution in [3.8, 4) is 5.69 Å². The smallest absolute Gasteiger partial charge is 0.124 e. The molecule has 0 aliphatic carbocycles. The lowest BCUT2D eigenvalue weighted by atomic mass is 10.3. The van der Waals surface area contributed by atoms with Crippen LogP contribution in [-0.4, -0.2) is 9.78 Å². The van der Waals surface area contributed by atoms with E-state index in [1.165, 1.54) is 0 Å². The molecule has 0 amide bonds. The van der Waals surface area contributed by atoms with Gasteiger partial charge in [-0.05, 0) is 53.8 Å². The van der Waals surface area contributed by atoms with Crippen molar-refractivity contribution in [2.75, 3.05) is 0 Å². The zero-order valence-corrected chi connectivity index (χ0v) is 11.5. The van der Waals surface area contributed by atoms with Crippen LogP contribution >= 0.6 is 45.8 Å². The molecule has 2 aromatic rings. The second-order valence-electron chi connectivity index (χ2n) is 3.12. The summed E-state index contributed by atoms with van der Waals surface area (Å²) in [5.41, 5.74) is 1.99. The van der Waals surface area contributed by atoms with Gasteiger partial charge in [-0.1, -0.05) is 23.2 Å². The fourth-order valence-electron chi connectivity index (χ4n) is 1.31. The molecule has 0 spiro atoms. The average molecular weight is 353 g/mol. The first kappa shape index (κ1) is 11.2. The van der Waals surface area contributed by atoms with Crippen LogP contribution in [0.15, 0.2) is 24.3 Å². The van der Waals surface area contributed by atoms with Crippen LogP contribution in [0, 0.1) is 10.6 Å². The van der Waals surface area contributed by atoms with E-state index in [9.17, 15) is 0 Å². The zero-order chi connectivity index (χ0) is 11.0. The van der Waals surface area contributed by atoms with Crippen molar-refractivity contribution in [3.05, 3.63) is 43.7 Å². The van der Waals surface area contributed by atoms with Gasteiger partial charge in [-0.25, -0.2) is 4.68 Å². The Morgan fingerprint density at radius 3 is 2.47 bits per heavy atom. The van der Waals surface area contributed by atoms with Gasteiger partial charge in [-0.15, -0.1) is 0 Å². The van der Waals surface area contributed by atoms with Crippen molar-refractivity contribution in [1.29, 1.82) is 0 Å². The van der Waals surface area contributed by atoms with E-state index in [0.717, 1.165) is 15.1 Å². The number of aryl methyl sites for hydroxylation is 1. The van der Waals surface area contributed by atoms with Crippen LogP contribution in [0.3, 0.4) is 0 Å². The predicted molar refractivity (Wildman–Crippen MR) is 71.0 cm³/mol. The minimum absolute atomic E-state index is 0.541. The molecule has 2 nitrogen and oxygen atoms in total. The van der Waals surface area contributed by atoms with E-state index in [4.69, 9.17) is 23.2 Å². The highest BCUT2D eigenvalue weighted by Crippen LogP contribution is 2.25. The maximum atomic E-state index is 5.95. The quantitative estimate of drug-likeness (QED) is 0.707. The summed E-state index contributed by atoms with van der Waals surface area (Å²) in [6.45, 7) is 2.00. The zero-order valence-electron chi connectivity index (χ0n) is 7.84. The minimum atomic E-state index is 0.541. The summed E-state index contributed by atoms with van der Waals surface area (Å²) in [7, 11) is 0. The fourth-order valence-corrected chi connectivity index (χ4v) is 2.27. The topological polar surface area (TPSA) is 17.8 Å². The Kier molecular flexibility index (Phi) is 3.23. The number of hydrogen-bond donors (Lipinski definition) is 0. The van der Waals surface area contributed by atoms with Gasteiger partial charge in [-0.2, -0.15) is 5.10 Å². The normalized spacial score (nSPS) is 10.7. The lowest BCUT2D eigenvalue weighted by Crippen LogP contribution is -1.98. The van der Waals surface area contributed by atoms with Crippen molar-refractivity contribution in [1.82, 2.24) is 9.78 Å². The van der Waals surface area contributed by atoms with Gasteiger partial charge in [-0.3, -0.25) is 0 Å². The van der Waals surface area contributed by atoms with Crippen LogP contribution in [0.25, 0.3) is 5.69 Å². The van der Waals surface area contributed by atoms with Gasteiger partial charge in [0, 0.05) is 5.69 Å². The molecule has 5 heteroatoms. The molecule has 2 rings (SSSR count). The molecule has 0 saturated carbocycles. The lowest BCUT2D eigenvalue weighted by molar-refractivity contribution is 0.838. The summed E-state index contributed by atoms with van der Waals surface area (Å²) in [5, 5.41) is 5.45. The standard InChI is InChI=1S/C10H7Cl2IN2/c1-6-4-10(13)14-15(6)7-2-3-8(11)9(12)5-7/h2-5H,1H3. The van der Waals surface area contributed by atoms with E-state index in [1.807, 2.05) is 23.7 Å². The third-order valence-corrected chi connectivity index (χ3v) is 3.27. The van der Waals surface area contributed by atoms with E-state index in [0.29, 0.717) is 10.0 Å². The van der Waals surface area contributed by atoms with Gasteiger partial charge in [0.1, 0.15) is 3.70 Å². The third kappa shape index (κ3) is 2.29. The molecule has 1 heterocycles. The van der Waals surface area contributed by atoms with Crippen molar-refractivity contribution in [2.45, 2.75) is 6.92 Å². The van der Waals surface area contributed by atoms with Crippen LogP contribution in [0.2, 0.25) is 10.0 Å². The largest absolute Gasteiger partial charge is 0.237 e. The molecule has 0 fully saturated rings. The molecule has 0 N–H and O–H groups in total. The molecule has 1 aromatic carbocycles. The first-order valence-corrected chi connectivity index (χ1v) is 6.09. The number of aromatic nitrogens is 2. The monoisotopic (exact) mass is 352 g/mol. The van der Waals surface area contributed by atoms with E-state index < -0.39 is 0 Å². The molecule has 0 saturated heterocycles. The van der Waals surface area contributed by atoms with Gasteiger partial charge in [0.2, 0.25) is 0 Å². The Bertz CT molecular complexity index is 508. The van der Waals surface area contributed by atoms with Gasteiger partial charge in [0.15, 0.2) is 0 Å². The highest BCUT2D eigenvalue weighted by atomic mass is 127. The van der Waals surface area contributed by atoms with E-state index >= 15 is 0 Å². The van der Waals surface area contributed by atoms with Gasteiger partial charge < -0.3 is 0 Å². The SMILES string of the molecule is Cc1cc(I)nn1-c1ccc(Cl)c(Cl)c1. The summed E-state index contributed by atoms with van der Waals surface area (Å²) in [5.74, 6) is 0. The lowest BCUT2D eigenvalue weighted by Gasteiger charge is -2.05. The Morgan fingerprint density at radius 1 is 1.20 bits per heavy atom. The molecular weight excluding hydrogens is 346 g/mol. The first-order valence-electron chi connectivity index (χ1n) is 4.25. The van der Waals surface area contributed by atoms with Gasteiger partial charge >= 0.3 is 0 Å². The van der Waals surface area contributed by atoms with Crippen molar-refractivity contribution >= 4 is 45.8 Å². The molecule has 0 radical (unpaired) electrons. The molecular formula is C10H7Cl2IN2. The number of benzene rings is 1. The molecule has 78 valence electrons. The molecule has 0 atom stereocenters. The number of halogens is 3. The summed E-state index contributed by atoms with van der Waals surface area (Å²) in [4.78, 5) is 0. The average Bonchev–Trinajstić information content (AvgIpc) is 2.50. The van der Waals surface area contributed by atoms with Gasteiger partial charge in [0.05, 0.1) is 15.7 Å². The molecule has 0 unspecified atom stereocenters. The van der Waals surface area contributed by atoms with E-state index in [-0.39, 0.29) is 0 Å². The highest BCUT2D eigenvalue weighted by molar-refractivity contribution is 14.1. The maximum absolute atomic E-state index is 5.95. The maximum Gasteiger partial charge on any atom is 0.124 e. The fraction of sp³-hybridized carbons (Fsp3) is 0.100. The van der Waals surface area contributed by atoms with Crippen LogP contribution < -0.4 is 0 Å². The summed E-state index contributed by atoms with van der Waals surface area (Å²) in [6, 6.07) is 7.47. The third-order valence-electron chi connectivity index (χ3n) is 2.01. The van der Waals surface area contributed by atoms with Crippen molar-refractivity contribution in [3.63, 3.8) is 0 Å². The Morgan fingerprint density at radius 2 is 1.93 bits per heavy atom. The van der Waals surface area contributed by atoms with E-state index in [2.05, 4.69) is 27.7 Å². The molecule has 0 bridgehead atoms. The second kappa shape index (κ2) is 4.31. The predicted octanol–water partition coefficient (Wildman–Crippen LogP) is 4.09.